The van der Waals surface area contributed by atoms with Crippen molar-refractivity contribution in [2.24, 2.45) is 0 Å². The number of fused-ring (bicyclic) bond motifs is 1. The molecular formula is C16H19BN4O. The van der Waals surface area contributed by atoms with Crippen LogP contribution in [0.2, 0.25) is 0 Å². The Morgan fingerprint density at radius 1 is 0.864 bits per heavy atom. The standard InChI is InChI=1S/C12H7BN4O.2C2H6/c13-12-2-1-10(16-17-12)9-3-7-5-14-15-6-8(7)4-11(9)18;2*1-2/h1-6,18H;2*1-2H3. The summed E-state index contributed by atoms with van der Waals surface area (Å²) < 4.78 is 0. The van der Waals surface area contributed by atoms with Gasteiger partial charge in [0, 0.05) is 21.9 Å². The van der Waals surface area contributed by atoms with E-state index in [1.54, 1.807) is 36.7 Å². The fourth-order valence-corrected chi connectivity index (χ4v) is 1.73. The van der Waals surface area contributed by atoms with Crippen LogP contribution in [0, 0.1) is 0 Å². The number of aromatic hydroxyl groups is 1. The molecule has 0 unspecified atom stereocenters. The number of benzene rings is 1. The highest BCUT2D eigenvalue weighted by molar-refractivity contribution is 6.30. The maximum atomic E-state index is 9.98. The van der Waals surface area contributed by atoms with Gasteiger partial charge in [0.1, 0.15) is 13.6 Å². The molecule has 0 fully saturated rings. The molecule has 112 valence electrons. The summed E-state index contributed by atoms with van der Waals surface area (Å²) in [6.07, 6.45) is 3.22. The first-order valence-electron chi connectivity index (χ1n) is 7.27. The van der Waals surface area contributed by atoms with E-state index in [4.69, 9.17) is 7.85 Å². The average Bonchev–Trinajstić information content (AvgIpc) is 2.59. The largest absolute Gasteiger partial charge is 0.507 e. The van der Waals surface area contributed by atoms with Gasteiger partial charge in [-0.3, -0.25) is 0 Å². The molecule has 2 radical (unpaired) electrons. The second-order valence-electron chi connectivity index (χ2n) is 3.83. The summed E-state index contributed by atoms with van der Waals surface area (Å²) in [4.78, 5) is 0. The number of rotatable bonds is 1. The summed E-state index contributed by atoms with van der Waals surface area (Å²) in [5.74, 6) is 0.120. The summed E-state index contributed by atoms with van der Waals surface area (Å²) in [6.45, 7) is 8.00. The van der Waals surface area contributed by atoms with Crippen molar-refractivity contribution in [2.45, 2.75) is 27.7 Å². The van der Waals surface area contributed by atoms with Crippen LogP contribution in [0.15, 0.2) is 36.7 Å². The molecule has 3 rings (SSSR count). The van der Waals surface area contributed by atoms with E-state index in [1.165, 1.54) is 0 Å². The van der Waals surface area contributed by atoms with E-state index in [9.17, 15) is 5.11 Å². The Bertz CT molecular complexity index is 717. The van der Waals surface area contributed by atoms with Gasteiger partial charge in [0.2, 0.25) is 0 Å². The van der Waals surface area contributed by atoms with E-state index in [2.05, 4.69) is 20.4 Å². The predicted octanol–water partition coefficient (Wildman–Crippen LogP) is 2.64. The van der Waals surface area contributed by atoms with Crippen molar-refractivity contribution >= 4 is 24.2 Å². The minimum absolute atomic E-state index is 0.120. The molecule has 0 atom stereocenters. The molecule has 2 heterocycles. The van der Waals surface area contributed by atoms with Crippen LogP contribution in [0.3, 0.4) is 0 Å². The lowest BCUT2D eigenvalue weighted by molar-refractivity contribution is 0.478. The number of aromatic nitrogens is 4. The van der Waals surface area contributed by atoms with E-state index < -0.39 is 0 Å². The number of phenolic OH excluding ortho intramolecular Hbond substituents is 1. The minimum Gasteiger partial charge on any atom is -0.507 e. The zero-order valence-electron chi connectivity index (χ0n) is 13.3. The van der Waals surface area contributed by atoms with Crippen molar-refractivity contribution in [3.8, 4) is 17.0 Å². The highest BCUT2D eigenvalue weighted by Crippen LogP contribution is 2.31. The summed E-state index contributed by atoms with van der Waals surface area (Å²) in [5, 5.41) is 26.9. The van der Waals surface area contributed by atoms with Gasteiger partial charge in [-0.25, -0.2) is 0 Å². The fourth-order valence-electron chi connectivity index (χ4n) is 1.73. The topological polar surface area (TPSA) is 71.8 Å². The normalized spacial score (nSPS) is 9.27. The lowest BCUT2D eigenvalue weighted by atomic mass is 10.0. The molecule has 2 aromatic heterocycles. The van der Waals surface area contributed by atoms with Gasteiger partial charge in [-0.1, -0.05) is 27.7 Å². The number of nitrogens with zero attached hydrogens (tertiary/aromatic N) is 4. The maximum absolute atomic E-state index is 9.98. The monoisotopic (exact) mass is 294 g/mol. The molecule has 0 amide bonds. The van der Waals surface area contributed by atoms with E-state index >= 15 is 0 Å². The summed E-state index contributed by atoms with van der Waals surface area (Å²) in [6, 6.07) is 6.76. The third-order valence-corrected chi connectivity index (χ3v) is 2.62. The van der Waals surface area contributed by atoms with E-state index in [0.717, 1.165) is 10.8 Å². The third kappa shape index (κ3) is 4.01. The molecule has 0 aliphatic rings. The summed E-state index contributed by atoms with van der Waals surface area (Å²) >= 11 is 0. The first-order chi connectivity index (χ1) is 10.7. The van der Waals surface area contributed by atoms with Crippen LogP contribution >= 0.6 is 0 Å². The zero-order valence-corrected chi connectivity index (χ0v) is 13.3. The molecule has 0 saturated heterocycles. The van der Waals surface area contributed by atoms with Crippen molar-refractivity contribution in [3.05, 3.63) is 36.7 Å². The van der Waals surface area contributed by atoms with Crippen LogP contribution < -0.4 is 5.59 Å². The van der Waals surface area contributed by atoms with Crippen molar-refractivity contribution in [2.75, 3.05) is 0 Å². The molecule has 0 saturated carbocycles. The number of hydrogen-bond acceptors (Lipinski definition) is 5. The van der Waals surface area contributed by atoms with Crippen molar-refractivity contribution in [3.63, 3.8) is 0 Å². The van der Waals surface area contributed by atoms with Gasteiger partial charge >= 0.3 is 0 Å². The van der Waals surface area contributed by atoms with Crippen LogP contribution in [-0.4, -0.2) is 33.3 Å². The van der Waals surface area contributed by atoms with Crippen LogP contribution in [0.5, 0.6) is 5.75 Å². The van der Waals surface area contributed by atoms with Crippen LogP contribution in [-0.2, 0) is 0 Å². The third-order valence-electron chi connectivity index (χ3n) is 2.62. The van der Waals surface area contributed by atoms with E-state index in [-0.39, 0.29) is 5.75 Å². The molecule has 1 aromatic carbocycles. The van der Waals surface area contributed by atoms with Gasteiger partial charge < -0.3 is 5.11 Å². The summed E-state index contributed by atoms with van der Waals surface area (Å²) in [7, 11) is 5.48. The fraction of sp³-hybridized carbons (Fsp3) is 0.250. The summed E-state index contributed by atoms with van der Waals surface area (Å²) in [5.41, 5.74) is 1.48. The zero-order chi connectivity index (χ0) is 16.5. The quantitative estimate of drug-likeness (QED) is 0.698. The van der Waals surface area contributed by atoms with Gasteiger partial charge in [-0.2, -0.15) is 20.4 Å². The van der Waals surface area contributed by atoms with Gasteiger partial charge in [-0.05, 0) is 24.3 Å². The Hall–Kier alpha value is -2.50. The number of phenols is 1. The Morgan fingerprint density at radius 3 is 2.00 bits per heavy atom. The molecule has 5 nitrogen and oxygen atoms in total. The number of hydrogen-bond donors (Lipinski definition) is 1. The van der Waals surface area contributed by atoms with Crippen LogP contribution in [0.1, 0.15) is 27.7 Å². The van der Waals surface area contributed by atoms with E-state index in [1.807, 2.05) is 27.7 Å². The Kier molecular flexibility index (Phi) is 6.96. The molecule has 0 aliphatic carbocycles. The SMILES string of the molecule is CC.CC.[B]c1ccc(-c2cc3cnncc3cc2O)nn1. The lowest BCUT2D eigenvalue weighted by Crippen LogP contribution is -2.09. The highest BCUT2D eigenvalue weighted by atomic mass is 16.3. The molecular weight excluding hydrogens is 275 g/mol. The molecule has 1 N–H and O–H groups in total. The second kappa shape index (κ2) is 8.72. The van der Waals surface area contributed by atoms with Gasteiger partial charge in [0.25, 0.3) is 0 Å². The Labute approximate surface area is 131 Å². The van der Waals surface area contributed by atoms with Gasteiger partial charge in [0.05, 0.1) is 18.1 Å². The lowest BCUT2D eigenvalue weighted by Gasteiger charge is -2.05. The molecule has 6 heteroatoms. The molecule has 3 aromatic rings. The molecule has 0 bridgehead atoms. The van der Waals surface area contributed by atoms with E-state index in [0.29, 0.717) is 16.9 Å². The minimum atomic E-state index is 0.120. The van der Waals surface area contributed by atoms with Gasteiger partial charge in [0.15, 0.2) is 0 Å². The molecule has 22 heavy (non-hydrogen) atoms. The van der Waals surface area contributed by atoms with Crippen LogP contribution in [0.4, 0.5) is 0 Å². The smallest absolute Gasteiger partial charge is 0.144 e. The van der Waals surface area contributed by atoms with Crippen LogP contribution in [0.25, 0.3) is 22.0 Å². The Morgan fingerprint density at radius 2 is 1.45 bits per heavy atom. The second-order valence-corrected chi connectivity index (χ2v) is 3.83. The highest BCUT2D eigenvalue weighted by Gasteiger charge is 2.08. The predicted molar refractivity (Wildman–Crippen MR) is 90.3 cm³/mol. The Balaban J connectivity index is 0.000000561. The first-order valence-corrected chi connectivity index (χ1v) is 7.27. The van der Waals surface area contributed by atoms with Crippen molar-refractivity contribution < 1.29 is 5.11 Å². The van der Waals surface area contributed by atoms with Gasteiger partial charge in [-0.15, -0.1) is 0 Å². The molecule has 0 aliphatic heterocycles. The van der Waals surface area contributed by atoms with Crippen molar-refractivity contribution in [1.29, 1.82) is 0 Å². The molecule has 0 spiro atoms. The van der Waals surface area contributed by atoms with Crippen molar-refractivity contribution in [1.82, 2.24) is 20.4 Å². The average molecular weight is 294 g/mol. The maximum Gasteiger partial charge on any atom is 0.144 e. The first kappa shape index (κ1) is 17.6.